The molecule has 0 aliphatic heterocycles. The van der Waals surface area contributed by atoms with E-state index in [2.05, 4.69) is 0 Å². The van der Waals surface area contributed by atoms with Crippen LogP contribution in [0.2, 0.25) is 0 Å². The van der Waals surface area contributed by atoms with E-state index in [0.29, 0.717) is 22.8 Å². The smallest absolute Gasteiger partial charge is 0.176 e. The fourth-order valence-electron chi connectivity index (χ4n) is 1.76. The predicted octanol–water partition coefficient (Wildman–Crippen LogP) is 4.20. The van der Waals surface area contributed by atoms with Gasteiger partial charge in [-0.3, -0.25) is 4.79 Å². The van der Waals surface area contributed by atoms with Crippen molar-refractivity contribution < 1.29 is 13.9 Å². The van der Waals surface area contributed by atoms with Gasteiger partial charge in [-0.05, 0) is 31.2 Å². The minimum Gasteiger partial charge on any atom is -0.493 e. The summed E-state index contributed by atoms with van der Waals surface area (Å²) in [5.74, 6) is 0.394. The maximum Gasteiger partial charge on any atom is 0.176 e. The third-order valence-corrected chi connectivity index (χ3v) is 3.73. The van der Waals surface area contributed by atoms with Crippen molar-refractivity contribution in [3.05, 3.63) is 59.9 Å². The lowest BCUT2D eigenvalue weighted by Crippen LogP contribution is -2.06. The van der Waals surface area contributed by atoms with Crippen molar-refractivity contribution in [2.24, 2.45) is 0 Å². The van der Waals surface area contributed by atoms with Gasteiger partial charge in [0.25, 0.3) is 0 Å². The van der Waals surface area contributed by atoms with Gasteiger partial charge in [0.05, 0.1) is 17.9 Å². The molecule has 0 atom stereocenters. The molecule has 0 amide bonds. The molecule has 0 unspecified atom stereocenters. The molecule has 0 aliphatic rings. The summed E-state index contributed by atoms with van der Waals surface area (Å²) in [6.07, 6.45) is 0. The van der Waals surface area contributed by atoms with Gasteiger partial charge in [-0.15, -0.1) is 11.8 Å². The van der Waals surface area contributed by atoms with Gasteiger partial charge in [0.1, 0.15) is 11.6 Å². The van der Waals surface area contributed by atoms with Gasteiger partial charge in [0.2, 0.25) is 0 Å². The standard InChI is InChI=1S/C16H15FO2S/c1-2-19-15-9-5-3-7-12(15)14(18)11-20-16-10-6-4-8-13(16)17/h3-10H,2,11H2,1H3. The lowest BCUT2D eigenvalue weighted by atomic mass is 10.1. The first-order valence-corrected chi connectivity index (χ1v) is 7.33. The SMILES string of the molecule is CCOc1ccccc1C(=O)CSc1ccccc1F. The fourth-order valence-corrected chi connectivity index (χ4v) is 2.58. The number of halogens is 1. The number of ketones is 1. The first kappa shape index (κ1) is 14.6. The Morgan fingerprint density at radius 1 is 1.15 bits per heavy atom. The monoisotopic (exact) mass is 290 g/mol. The van der Waals surface area contributed by atoms with Gasteiger partial charge < -0.3 is 4.74 Å². The molecule has 4 heteroatoms. The maximum absolute atomic E-state index is 13.5. The van der Waals surface area contributed by atoms with Gasteiger partial charge in [0, 0.05) is 4.90 Å². The Morgan fingerprint density at radius 2 is 1.85 bits per heavy atom. The molecule has 0 radical (unpaired) electrons. The summed E-state index contributed by atoms with van der Waals surface area (Å²) in [6, 6.07) is 13.6. The maximum atomic E-state index is 13.5. The lowest BCUT2D eigenvalue weighted by Gasteiger charge is -2.09. The topological polar surface area (TPSA) is 26.3 Å². The van der Waals surface area contributed by atoms with Crippen LogP contribution in [-0.2, 0) is 0 Å². The van der Waals surface area contributed by atoms with Crippen molar-refractivity contribution in [1.82, 2.24) is 0 Å². The average Bonchev–Trinajstić information content (AvgIpc) is 2.47. The number of hydrogen-bond acceptors (Lipinski definition) is 3. The van der Waals surface area contributed by atoms with Crippen LogP contribution in [0.15, 0.2) is 53.4 Å². The molecule has 0 heterocycles. The van der Waals surface area contributed by atoms with E-state index in [-0.39, 0.29) is 17.4 Å². The largest absolute Gasteiger partial charge is 0.493 e. The van der Waals surface area contributed by atoms with Crippen LogP contribution in [0, 0.1) is 5.82 Å². The van der Waals surface area contributed by atoms with Crippen molar-refractivity contribution >= 4 is 17.5 Å². The summed E-state index contributed by atoms with van der Waals surface area (Å²) in [6.45, 7) is 2.38. The van der Waals surface area contributed by atoms with Crippen molar-refractivity contribution in [2.75, 3.05) is 12.4 Å². The summed E-state index contributed by atoms with van der Waals surface area (Å²) >= 11 is 1.20. The van der Waals surface area contributed by atoms with Crippen molar-refractivity contribution in [3.63, 3.8) is 0 Å². The highest BCUT2D eigenvalue weighted by Gasteiger charge is 2.13. The van der Waals surface area contributed by atoms with E-state index in [1.54, 1.807) is 36.4 Å². The number of carbonyl (C=O) groups is 1. The molecule has 0 bridgehead atoms. The highest BCUT2D eigenvalue weighted by atomic mass is 32.2. The molecule has 0 fully saturated rings. The quantitative estimate of drug-likeness (QED) is 0.589. The fraction of sp³-hybridized carbons (Fsp3) is 0.188. The molecule has 2 aromatic carbocycles. The molecule has 104 valence electrons. The second kappa shape index (κ2) is 7.10. The van der Waals surface area contributed by atoms with Gasteiger partial charge >= 0.3 is 0 Å². The Labute approximate surface area is 122 Å². The molecule has 0 spiro atoms. The number of benzene rings is 2. The van der Waals surface area contributed by atoms with Crippen LogP contribution >= 0.6 is 11.8 Å². The number of para-hydroxylation sites is 1. The number of rotatable bonds is 6. The Hall–Kier alpha value is -1.81. The van der Waals surface area contributed by atoms with E-state index in [0.717, 1.165) is 0 Å². The van der Waals surface area contributed by atoms with Gasteiger partial charge in [-0.2, -0.15) is 0 Å². The van der Waals surface area contributed by atoms with E-state index >= 15 is 0 Å². The molecule has 20 heavy (non-hydrogen) atoms. The first-order valence-electron chi connectivity index (χ1n) is 6.34. The second-order valence-corrected chi connectivity index (χ2v) is 5.09. The summed E-state index contributed by atoms with van der Waals surface area (Å²) < 4.78 is 18.9. The van der Waals surface area contributed by atoms with Crippen LogP contribution in [0.1, 0.15) is 17.3 Å². The molecule has 0 aliphatic carbocycles. The number of hydrogen-bond donors (Lipinski definition) is 0. The van der Waals surface area contributed by atoms with Crippen LogP contribution in [-0.4, -0.2) is 18.1 Å². The highest BCUT2D eigenvalue weighted by Crippen LogP contribution is 2.25. The number of Topliss-reactive ketones (excluding diaryl/α,β-unsaturated/α-hetero) is 1. The molecule has 0 N–H and O–H groups in total. The molecular formula is C16H15FO2S. The highest BCUT2D eigenvalue weighted by molar-refractivity contribution is 8.00. The number of carbonyl (C=O) groups excluding carboxylic acids is 1. The van der Waals surface area contributed by atoms with E-state index in [9.17, 15) is 9.18 Å². The minimum atomic E-state index is -0.302. The average molecular weight is 290 g/mol. The summed E-state index contributed by atoms with van der Waals surface area (Å²) in [5.41, 5.74) is 0.540. The molecule has 2 aromatic rings. The van der Waals surface area contributed by atoms with E-state index < -0.39 is 0 Å². The molecule has 0 aromatic heterocycles. The minimum absolute atomic E-state index is 0.0673. The summed E-state index contributed by atoms with van der Waals surface area (Å²) in [5, 5.41) is 0. The van der Waals surface area contributed by atoms with E-state index in [4.69, 9.17) is 4.74 Å². The Bertz CT molecular complexity index is 599. The third kappa shape index (κ3) is 3.61. The third-order valence-electron chi connectivity index (χ3n) is 2.68. The van der Waals surface area contributed by atoms with E-state index in [1.165, 1.54) is 17.8 Å². The summed E-state index contributed by atoms with van der Waals surface area (Å²) in [7, 11) is 0. The van der Waals surface area contributed by atoms with E-state index in [1.807, 2.05) is 13.0 Å². The van der Waals surface area contributed by atoms with Gasteiger partial charge in [-0.1, -0.05) is 24.3 Å². The van der Waals surface area contributed by atoms with Crippen LogP contribution in [0.5, 0.6) is 5.75 Å². The van der Waals surface area contributed by atoms with Crippen molar-refractivity contribution in [1.29, 1.82) is 0 Å². The Morgan fingerprint density at radius 3 is 2.60 bits per heavy atom. The van der Waals surface area contributed by atoms with Crippen LogP contribution in [0.3, 0.4) is 0 Å². The Balaban J connectivity index is 2.07. The zero-order valence-electron chi connectivity index (χ0n) is 11.1. The van der Waals surface area contributed by atoms with Crippen molar-refractivity contribution in [3.8, 4) is 5.75 Å². The normalized spacial score (nSPS) is 10.3. The molecule has 2 rings (SSSR count). The zero-order chi connectivity index (χ0) is 14.4. The van der Waals surface area contributed by atoms with Crippen molar-refractivity contribution in [2.45, 2.75) is 11.8 Å². The van der Waals surface area contributed by atoms with Gasteiger partial charge in [-0.25, -0.2) is 4.39 Å². The molecule has 2 nitrogen and oxygen atoms in total. The van der Waals surface area contributed by atoms with Crippen LogP contribution in [0.25, 0.3) is 0 Å². The molecule has 0 saturated heterocycles. The van der Waals surface area contributed by atoms with Crippen LogP contribution < -0.4 is 4.74 Å². The lowest BCUT2D eigenvalue weighted by molar-refractivity contribution is 0.101. The Kier molecular flexibility index (Phi) is 5.18. The number of ether oxygens (including phenoxy) is 1. The second-order valence-electron chi connectivity index (χ2n) is 4.07. The van der Waals surface area contributed by atoms with Crippen LogP contribution in [0.4, 0.5) is 4.39 Å². The number of thioether (sulfide) groups is 1. The summed E-state index contributed by atoms with van der Waals surface area (Å²) in [4.78, 5) is 12.7. The molecular weight excluding hydrogens is 275 g/mol. The zero-order valence-corrected chi connectivity index (χ0v) is 12.0. The van der Waals surface area contributed by atoms with Gasteiger partial charge in [0.15, 0.2) is 5.78 Å². The molecule has 0 saturated carbocycles. The first-order chi connectivity index (χ1) is 9.72. The predicted molar refractivity (Wildman–Crippen MR) is 79.1 cm³/mol.